The van der Waals surface area contributed by atoms with E-state index in [0.717, 1.165) is 27.0 Å². The van der Waals surface area contributed by atoms with E-state index >= 15 is 0 Å². The topological polar surface area (TPSA) is 135 Å². The summed E-state index contributed by atoms with van der Waals surface area (Å²) in [4.78, 5) is 25.3. The zero-order valence-corrected chi connectivity index (χ0v) is 22.1. The first-order chi connectivity index (χ1) is 17.7. The second-order valence-corrected chi connectivity index (χ2v) is 10.7. The number of ether oxygens (including phenoxy) is 1. The molecule has 0 atom stereocenters. The number of anilines is 4. The Morgan fingerprint density at radius 3 is 2.54 bits per heavy atom. The fraction of sp³-hybridized carbons (Fsp3) is 0.200. The molecule has 0 saturated heterocycles. The zero-order valence-electron chi connectivity index (χ0n) is 20.5. The van der Waals surface area contributed by atoms with E-state index in [9.17, 15) is 13.2 Å². The number of aryl methyl sites for hydroxylation is 1. The number of carbonyl (C=O) groups excluding carboxylic acids is 1. The van der Waals surface area contributed by atoms with Crippen LogP contribution in [0.25, 0.3) is 10.6 Å². The molecule has 4 aromatic rings. The van der Waals surface area contributed by atoms with Crippen LogP contribution in [0.5, 0.6) is 0 Å². The molecule has 10 nitrogen and oxygen atoms in total. The number of aromatic nitrogens is 3. The molecular weight excluding hydrogens is 512 g/mol. The third-order valence-corrected chi connectivity index (χ3v) is 7.79. The first-order valence-corrected chi connectivity index (χ1v) is 13.6. The minimum Gasteiger partial charge on any atom is -0.466 e. The lowest BCUT2D eigenvalue weighted by Crippen LogP contribution is -2.13. The van der Waals surface area contributed by atoms with E-state index in [4.69, 9.17) is 4.74 Å². The van der Waals surface area contributed by atoms with E-state index in [1.165, 1.54) is 30.4 Å². The van der Waals surface area contributed by atoms with Gasteiger partial charge in [0, 0.05) is 38.0 Å². The van der Waals surface area contributed by atoms with Gasteiger partial charge in [-0.1, -0.05) is 23.5 Å². The molecule has 0 saturated carbocycles. The lowest BCUT2D eigenvalue weighted by Gasteiger charge is -2.11. The summed E-state index contributed by atoms with van der Waals surface area (Å²) < 4.78 is 33.4. The van der Waals surface area contributed by atoms with E-state index < -0.39 is 10.0 Å². The number of rotatable bonds is 10. The van der Waals surface area contributed by atoms with Crippen LogP contribution in [0.4, 0.5) is 22.5 Å². The van der Waals surface area contributed by atoms with Gasteiger partial charge >= 0.3 is 5.97 Å². The Labute approximate surface area is 219 Å². The normalized spacial score (nSPS) is 11.1. The van der Waals surface area contributed by atoms with Gasteiger partial charge in [-0.05, 0) is 55.0 Å². The quantitative estimate of drug-likeness (QED) is 0.248. The summed E-state index contributed by atoms with van der Waals surface area (Å²) in [6.45, 7) is 3.50. The number of sulfonamides is 1. The van der Waals surface area contributed by atoms with Crippen LogP contribution in [-0.4, -0.2) is 43.0 Å². The van der Waals surface area contributed by atoms with Crippen molar-refractivity contribution in [2.75, 3.05) is 29.0 Å². The molecular formula is C25H26N6O4S2. The number of carbonyl (C=O) groups is 1. The number of benzene rings is 2. The van der Waals surface area contributed by atoms with E-state index in [0.29, 0.717) is 23.7 Å². The molecule has 0 fully saturated rings. The predicted octanol–water partition coefficient (Wildman–Crippen LogP) is 4.60. The minimum absolute atomic E-state index is 0.109. The molecule has 0 aliphatic carbocycles. The summed E-state index contributed by atoms with van der Waals surface area (Å²) in [7, 11) is -1.99. The molecule has 3 N–H and O–H groups in total. The summed E-state index contributed by atoms with van der Waals surface area (Å²) in [5, 5.41) is 6.96. The van der Waals surface area contributed by atoms with E-state index in [2.05, 4.69) is 30.3 Å². The molecule has 12 heteroatoms. The first-order valence-electron chi connectivity index (χ1n) is 11.3. The van der Waals surface area contributed by atoms with Crippen LogP contribution in [0.1, 0.15) is 18.2 Å². The summed E-state index contributed by atoms with van der Waals surface area (Å²) in [5.41, 5.74) is 3.52. The monoisotopic (exact) mass is 538 g/mol. The Morgan fingerprint density at radius 2 is 1.84 bits per heavy atom. The molecule has 0 aliphatic heterocycles. The minimum atomic E-state index is -3.81. The van der Waals surface area contributed by atoms with Gasteiger partial charge in [0.25, 0.3) is 10.0 Å². The number of hydrogen-bond donors (Lipinski definition) is 3. The summed E-state index contributed by atoms with van der Waals surface area (Å²) in [5.74, 6) is 0.0303. The molecule has 0 spiro atoms. The highest BCUT2D eigenvalue weighted by molar-refractivity contribution is 7.92. The maximum atomic E-state index is 12.9. The van der Waals surface area contributed by atoms with Gasteiger partial charge in [-0.15, -0.1) is 0 Å². The fourth-order valence-corrected chi connectivity index (χ4v) is 5.39. The first kappa shape index (κ1) is 26.0. The Hall–Kier alpha value is -4.03. The maximum Gasteiger partial charge on any atom is 0.302 e. The van der Waals surface area contributed by atoms with Crippen LogP contribution < -0.4 is 15.4 Å². The predicted molar refractivity (Wildman–Crippen MR) is 145 cm³/mol. The molecule has 0 radical (unpaired) electrons. The van der Waals surface area contributed by atoms with Gasteiger partial charge in [0.1, 0.15) is 0 Å². The van der Waals surface area contributed by atoms with Gasteiger partial charge in [0.05, 0.1) is 27.8 Å². The summed E-state index contributed by atoms with van der Waals surface area (Å²) in [6, 6.07) is 15.1. The number of hydrogen-bond acceptors (Lipinski definition) is 10. The van der Waals surface area contributed by atoms with Gasteiger partial charge in [0.2, 0.25) is 5.95 Å². The highest BCUT2D eigenvalue weighted by atomic mass is 32.2. The van der Waals surface area contributed by atoms with Crippen LogP contribution >= 0.6 is 11.3 Å². The van der Waals surface area contributed by atoms with Crippen LogP contribution in [0, 0.1) is 6.92 Å². The lowest BCUT2D eigenvalue weighted by molar-refractivity contribution is -0.140. The molecule has 0 unspecified atom stereocenters. The van der Waals surface area contributed by atoms with Gasteiger partial charge < -0.3 is 15.4 Å². The highest BCUT2D eigenvalue weighted by Crippen LogP contribution is 2.31. The lowest BCUT2D eigenvalue weighted by atomic mass is 10.1. The molecule has 0 aliphatic rings. The van der Waals surface area contributed by atoms with Crippen molar-refractivity contribution in [1.82, 2.24) is 15.0 Å². The van der Waals surface area contributed by atoms with Crippen molar-refractivity contribution in [2.45, 2.75) is 25.2 Å². The smallest absolute Gasteiger partial charge is 0.302 e. The third kappa shape index (κ3) is 6.80. The summed E-state index contributed by atoms with van der Waals surface area (Å²) >= 11 is 1.50. The van der Waals surface area contributed by atoms with Crippen LogP contribution in [0.15, 0.2) is 65.7 Å². The van der Waals surface area contributed by atoms with Crippen molar-refractivity contribution in [3.8, 4) is 10.6 Å². The third-order valence-electron chi connectivity index (χ3n) is 5.19. The number of thiazole rings is 1. The Bertz CT molecular complexity index is 1500. The van der Waals surface area contributed by atoms with Gasteiger partial charge in [-0.25, -0.2) is 23.4 Å². The SMILES string of the molecule is CNc1nc(C)c(-c2ccnc(Nc3ccc(S(=O)(=O)Nc4cccc(CCOC(C)=O)c4)cc3)n2)s1. The van der Waals surface area contributed by atoms with Crippen molar-refractivity contribution >= 4 is 49.8 Å². The number of nitrogens with one attached hydrogen (secondary N) is 3. The van der Waals surface area contributed by atoms with Crippen molar-refractivity contribution < 1.29 is 17.9 Å². The Kier molecular flexibility index (Phi) is 7.99. The maximum absolute atomic E-state index is 12.9. The molecule has 0 bridgehead atoms. The Balaban J connectivity index is 1.44. The molecule has 0 amide bonds. The van der Waals surface area contributed by atoms with Gasteiger partial charge in [-0.3, -0.25) is 9.52 Å². The fourth-order valence-electron chi connectivity index (χ4n) is 3.45. The van der Waals surface area contributed by atoms with Crippen LogP contribution in [-0.2, 0) is 26.0 Å². The van der Waals surface area contributed by atoms with Gasteiger partial charge in [0.15, 0.2) is 5.13 Å². The largest absolute Gasteiger partial charge is 0.466 e. The van der Waals surface area contributed by atoms with Crippen molar-refractivity contribution in [2.24, 2.45) is 0 Å². The highest BCUT2D eigenvalue weighted by Gasteiger charge is 2.15. The second kappa shape index (κ2) is 11.4. The molecule has 37 heavy (non-hydrogen) atoms. The zero-order chi connectivity index (χ0) is 26.4. The molecule has 4 rings (SSSR count). The summed E-state index contributed by atoms with van der Waals surface area (Å²) in [6.07, 6.45) is 2.14. The van der Waals surface area contributed by atoms with E-state index in [1.54, 1.807) is 36.5 Å². The van der Waals surface area contributed by atoms with Gasteiger partial charge in [-0.2, -0.15) is 0 Å². The average molecular weight is 539 g/mol. The average Bonchev–Trinajstić information content (AvgIpc) is 3.25. The standard InChI is InChI=1S/C25H26N6O4S2/c1-16-23(36-25(26-3)28-16)22-11-13-27-24(30-22)29-19-7-9-21(10-8-19)37(33,34)31-20-6-4-5-18(15-20)12-14-35-17(2)32/h4-11,13,15,31H,12,14H2,1-3H3,(H,26,28)(H,27,29,30). The molecule has 2 aromatic carbocycles. The molecule has 2 aromatic heterocycles. The van der Waals surface area contributed by atoms with Crippen LogP contribution in [0.2, 0.25) is 0 Å². The van der Waals surface area contributed by atoms with Crippen molar-refractivity contribution in [3.63, 3.8) is 0 Å². The van der Waals surface area contributed by atoms with E-state index in [1.807, 2.05) is 26.1 Å². The van der Waals surface area contributed by atoms with Crippen molar-refractivity contribution in [3.05, 3.63) is 72.1 Å². The van der Waals surface area contributed by atoms with E-state index in [-0.39, 0.29) is 17.5 Å². The molecule has 192 valence electrons. The number of esters is 1. The Morgan fingerprint density at radius 1 is 1.05 bits per heavy atom. The van der Waals surface area contributed by atoms with Crippen LogP contribution in [0.3, 0.4) is 0 Å². The van der Waals surface area contributed by atoms with Crippen molar-refractivity contribution in [1.29, 1.82) is 0 Å². The molecule has 2 heterocycles. The second-order valence-electron chi connectivity index (χ2n) is 7.99. The number of nitrogens with zero attached hydrogens (tertiary/aromatic N) is 3.